The molecule has 98 valence electrons. The van der Waals surface area contributed by atoms with Crippen LogP contribution in [-0.4, -0.2) is 11.0 Å². The van der Waals surface area contributed by atoms with Gasteiger partial charge in [0.05, 0.1) is 11.1 Å². The number of hydrogen-bond donors (Lipinski definition) is 1. The van der Waals surface area contributed by atoms with E-state index in [-0.39, 0.29) is 11.5 Å². The molecule has 0 saturated carbocycles. The summed E-state index contributed by atoms with van der Waals surface area (Å²) in [4.78, 5) is 4.57. The maximum atomic E-state index is 9.26. The molecule has 1 aromatic heterocycles. The predicted octanol–water partition coefficient (Wildman–Crippen LogP) is 3.95. The van der Waals surface area contributed by atoms with Crippen LogP contribution in [0.4, 0.5) is 5.82 Å². The van der Waals surface area contributed by atoms with E-state index in [4.69, 9.17) is 0 Å². The summed E-state index contributed by atoms with van der Waals surface area (Å²) in [7, 11) is 0. The number of para-hydroxylation sites is 1. The number of benzene rings is 1. The zero-order valence-corrected chi connectivity index (χ0v) is 11.9. The lowest BCUT2D eigenvalue weighted by molar-refractivity contribution is 0.359. The van der Waals surface area contributed by atoms with Gasteiger partial charge in [0.15, 0.2) is 0 Å². The van der Waals surface area contributed by atoms with Crippen molar-refractivity contribution in [2.24, 2.45) is 5.41 Å². The predicted molar refractivity (Wildman–Crippen MR) is 79.0 cm³/mol. The summed E-state index contributed by atoms with van der Waals surface area (Å²) >= 11 is 0. The smallest absolute Gasteiger partial charge is 0.144 e. The van der Waals surface area contributed by atoms with Crippen LogP contribution in [0.1, 0.15) is 33.3 Å². The van der Waals surface area contributed by atoms with Gasteiger partial charge < -0.3 is 5.32 Å². The first-order chi connectivity index (χ1) is 8.91. The molecule has 1 heterocycles. The fraction of sp³-hybridized carbons (Fsp3) is 0.375. The van der Waals surface area contributed by atoms with E-state index in [1.54, 1.807) is 0 Å². The zero-order chi connectivity index (χ0) is 14.0. The van der Waals surface area contributed by atoms with Gasteiger partial charge in [0.2, 0.25) is 0 Å². The lowest BCUT2D eigenvalue weighted by Crippen LogP contribution is -2.31. The molecule has 1 N–H and O–H groups in total. The average molecular weight is 253 g/mol. The molecule has 0 aliphatic rings. The van der Waals surface area contributed by atoms with Crippen molar-refractivity contribution < 1.29 is 0 Å². The van der Waals surface area contributed by atoms with Gasteiger partial charge in [0.25, 0.3) is 0 Å². The lowest BCUT2D eigenvalue weighted by atomic mass is 9.88. The molecule has 0 radical (unpaired) electrons. The number of anilines is 1. The van der Waals surface area contributed by atoms with Crippen LogP contribution in [0.25, 0.3) is 10.9 Å². The van der Waals surface area contributed by atoms with Gasteiger partial charge in [0, 0.05) is 11.4 Å². The van der Waals surface area contributed by atoms with E-state index < -0.39 is 0 Å². The second kappa shape index (κ2) is 4.89. The van der Waals surface area contributed by atoms with Gasteiger partial charge in [-0.15, -0.1) is 0 Å². The first-order valence-electron chi connectivity index (χ1n) is 6.48. The fourth-order valence-corrected chi connectivity index (χ4v) is 1.73. The number of fused-ring (bicyclic) bond motifs is 1. The molecule has 2 rings (SSSR count). The molecule has 3 nitrogen and oxygen atoms in total. The Morgan fingerprint density at radius 2 is 1.95 bits per heavy atom. The lowest BCUT2D eigenvalue weighted by Gasteiger charge is -2.28. The van der Waals surface area contributed by atoms with Gasteiger partial charge in [-0.2, -0.15) is 5.26 Å². The van der Waals surface area contributed by atoms with Crippen LogP contribution in [0.3, 0.4) is 0 Å². The van der Waals surface area contributed by atoms with Crippen LogP contribution in [0, 0.1) is 16.7 Å². The quantitative estimate of drug-likeness (QED) is 0.881. The molecular weight excluding hydrogens is 234 g/mol. The Balaban J connectivity index is 2.45. The van der Waals surface area contributed by atoms with Crippen molar-refractivity contribution in [3.05, 3.63) is 35.9 Å². The van der Waals surface area contributed by atoms with Gasteiger partial charge in [0.1, 0.15) is 11.9 Å². The second-order valence-electron chi connectivity index (χ2n) is 5.92. The van der Waals surface area contributed by atoms with Crippen LogP contribution in [0.2, 0.25) is 0 Å². The highest BCUT2D eigenvalue weighted by molar-refractivity contribution is 5.82. The number of nitriles is 1. The molecule has 0 spiro atoms. The van der Waals surface area contributed by atoms with Gasteiger partial charge in [-0.3, -0.25) is 0 Å². The summed E-state index contributed by atoms with van der Waals surface area (Å²) in [6.07, 6.45) is 0. The zero-order valence-electron chi connectivity index (χ0n) is 11.9. The maximum absolute atomic E-state index is 9.26. The van der Waals surface area contributed by atoms with Crippen LogP contribution < -0.4 is 5.32 Å². The Hall–Kier alpha value is -2.08. The van der Waals surface area contributed by atoms with Crippen molar-refractivity contribution in [1.82, 2.24) is 4.98 Å². The highest BCUT2D eigenvalue weighted by Gasteiger charge is 2.21. The molecule has 1 atom stereocenters. The topological polar surface area (TPSA) is 48.7 Å². The Kier molecular flexibility index (Phi) is 3.44. The van der Waals surface area contributed by atoms with Crippen LogP contribution in [0.15, 0.2) is 30.3 Å². The van der Waals surface area contributed by atoms with E-state index in [1.165, 1.54) is 0 Å². The van der Waals surface area contributed by atoms with E-state index in [9.17, 15) is 5.26 Å². The number of nitrogens with one attached hydrogen (secondary N) is 1. The van der Waals surface area contributed by atoms with Crippen LogP contribution in [-0.2, 0) is 0 Å². The minimum atomic E-state index is 0.111. The molecule has 0 bridgehead atoms. The van der Waals surface area contributed by atoms with E-state index in [0.717, 1.165) is 10.9 Å². The Morgan fingerprint density at radius 1 is 1.26 bits per heavy atom. The van der Waals surface area contributed by atoms with Crippen molar-refractivity contribution in [2.45, 2.75) is 33.7 Å². The third-order valence-corrected chi connectivity index (χ3v) is 3.50. The highest BCUT2D eigenvalue weighted by atomic mass is 15.0. The van der Waals surface area contributed by atoms with Crippen LogP contribution in [0.5, 0.6) is 0 Å². The third-order valence-electron chi connectivity index (χ3n) is 3.50. The number of nitrogens with zero attached hydrogens (tertiary/aromatic N) is 2. The number of aromatic nitrogens is 1. The van der Waals surface area contributed by atoms with Gasteiger partial charge in [-0.05, 0) is 24.5 Å². The molecule has 1 aromatic carbocycles. The minimum absolute atomic E-state index is 0.111. The normalized spacial score (nSPS) is 13.0. The minimum Gasteiger partial charge on any atom is -0.366 e. The molecule has 0 fully saturated rings. The standard InChI is InChI=1S/C16H19N3/c1-11(16(2,3)4)18-15-13(10-17)9-12-7-5-6-8-14(12)19-15/h5-9,11H,1-4H3,(H,18,19)/t11-/m1/s1. The molecule has 0 amide bonds. The molecule has 0 unspecified atom stereocenters. The summed E-state index contributed by atoms with van der Waals surface area (Å²) in [5, 5.41) is 13.6. The molecule has 0 aliphatic heterocycles. The van der Waals surface area contributed by atoms with Crippen molar-refractivity contribution in [3.63, 3.8) is 0 Å². The Morgan fingerprint density at radius 3 is 2.58 bits per heavy atom. The second-order valence-corrected chi connectivity index (χ2v) is 5.92. The molecule has 19 heavy (non-hydrogen) atoms. The van der Waals surface area contributed by atoms with Crippen molar-refractivity contribution in [3.8, 4) is 6.07 Å². The largest absolute Gasteiger partial charge is 0.366 e. The molecular formula is C16H19N3. The number of rotatable bonds is 2. The number of hydrogen-bond acceptors (Lipinski definition) is 3. The first-order valence-corrected chi connectivity index (χ1v) is 6.48. The van der Waals surface area contributed by atoms with E-state index in [0.29, 0.717) is 11.4 Å². The van der Waals surface area contributed by atoms with E-state index >= 15 is 0 Å². The van der Waals surface area contributed by atoms with Crippen LogP contribution >= 0.6 is 0 Å². The molecule has 0 saturated heterocycles. The van der Waals surface area contributed by atoms with E-state index in [2.05, 4.69) is 44.1 Å². The Labute approximate surface area is 114 Å². The van der Waals surface area contributed by atoms with Crippen molar-refractivity contribution in [2.75, 3.05) is 5.32 Å². The fourth-order valence-electron chi connectivity index (χ4n) is 1.73. The maximum Gasteiger partial charge on any atom is 0.144 e. The average Bonchev–Trinajstić information content (AvgIpc) is 2.36. The van der Waals surface area contributed by atoms with Gasteiger partial charge >= 0.3 is 0 Å². The summed E-state index contributed by atoms with van der Waals surface area (Å²) in [5.74, 6) is 0.670. The summed E-state index contributed by atoms with van der Waals surface area (Å²) in [6, 6.07) is 12.2. The van der Waals surface area contributed by atoms with Gasteiger partial charge in [-0.25, -0.2) is 4.98 Å². The molecule has 2 aromatic rings. The highest BCUT2D eigenvalue weighted by Crippen LogP contribution is 2.25. The van der Waals surface area contributed by atoms with Crippen molar-refractivity contribution in [1.29, 1.82) is 5.26 Å². The Bertz CT molecular complexity index is 632. The number of pyridine rings is 1. The van der Waals surface area contributed by atoms with Gasteiger partial charge in [-0.1, -0.05) is 39.0 Å². The van der Waals surface area contributed by atoms with E-state index in [1.807, 2.05) is 30.3 Å². The molecule has 0 aliphatic carbocycles. The summed E-state index contributed by atoms with van der Waals surface area (Å²) in [5.41, 5.74) is 1.61. The monoisotopic (exact) mass is 253 g/mol. The summed E-state index contributed by atoms with van der Waals surface area (Å²) in [6.45, 7) is 8.60. The molecule has 3 heteroatoms. The first kappa shape index (κ1) is 13.4. The third kappa shape index (κ3) is 2.85. The van der Waals surface area contributed by atoms with Crippen molar-refractivity contribution >= 4 is 16.7 Å². The SMILES string of the molecule is C[C@@H](Nc1nc2ccccc2cc1C#N)C(C)(C)C. The summed E-state index contributed by atoms with van der Waals surface area (Å²) < 4.78 is 0.